The largest absolute Gasteiger partial charge is 0.493 e. The Morgan fingerprint density at radius 2 is 1.97 bits per heavy atom. The van der Waals surface area contributed by atoms with Gasteiger partial charge in [0.05, 0.1) is 18.8 Å². The molecule has 32 heavy (non-hydrogen) atoms. The second-order valence-corrected chi connectivity index (χ2v) is 8.96. The third kappa shape index (κ3) is 5.58. The molecule has 0 saturated carbocycles. The maximum absolute atomic E-state index is 12.9. The molecule has 2 aromatic rings. The molecule has 3 heterocycles. The van der Waals surface area contributed by atoms with Gasteiger partial charge in [-0.2, -0.15) is 0 Å². The van der Waals surface area contributed by atoms with Gasteiger partial charge in [0.2, 0.25) is 11.9 Å². The van der Waals surface area contributed by atoms with Gasteiger partial charge in [-0.05, 0) is 30.7 Å². The predicted octanol–water partition coefficient (Wildman–Crippen LogP) is 3.49. The van der Waals surface area contributed by atoms with Gasteiger partial charge < -0.3 is 19.0 Å². The number of hydrogen-bond donors (Lipinski definition) is 1. The van der Waals surface area contributed by atoms with Gasteiger partial charge in [0.1, 0.15) is 12.0 Å². The highest BCUT2D eigenvalue weighted by Gasteiger charge is 2.40. The van der Waals surface area contributed by atoms with Crippen LogP contribution in [0, 0.1) is 5.92 Å². The van der Waals surface area contributed by atoms with E-state index in [4.69, 9.17) is 19.0 Å². The number of nitrogens with zero attached hydrogens (tertiary/aromatic N) is 4. The van der Waals surface area contributed by atoms with Gasteiger partial charge in [0.25, 0.3) is 0 Å². The smallest absolute Gasteiger partial charge is 0.225 e. The Hall–Kier alpha value is -2.65. The van der Waals surface area contributed by atoms with E-state index in [0.29, 0.717) is 37.3 Å². The molecule has 1 fully saturated rings. The first-order chi connectivity index (χ1) is 15.4. The molecular formula is C23H32FN5O3. The zero-order chi connectivity index (χ0) is 22.6. The molecule has 1 saturated heterocycles. The number of rotatable bonds is 8. The maximum atomic E-state index is 12.9. The van der Waals surface area contributed by atoms with Gasteiger partial charge >= 0.3 is 0 Å². The summed E-state index contributed by atoms with van der Waals surface area (Å²) < 4.78 is 23.9. The number of benzene rings is 1. The summed E-state index contributed by atoms with van der Waals surface area (Å²) in [5.41, 5.74) is 4.23. The topological polar surface area (TPSA) is 75.4 Å². The van der Waals surface area contributed by atoms with Crippen molar-refractivity contribution < 1.29 is 18.4 Å². The van der Waals surface area contributed by atoms with Crippen molar-refractivity contribution in [2.75, 3.05) is 26.7 Å². The van der Waals surface area contributed by atoms with E-state index in [1.807, 2.05) is 29.2 Å². The number of hydrogen-bond acceptors (Lipinski definition) is 8. The van der Waals surface area contributed by atoms with Crippen LogP contribution in [0.4, 0.5) is 4.39 Å². The van der Waals surface area contributed by atoms with Gasteiger partial charge in [-0.3, -0.25) is 0 Å². The van der Waals surface area contributed by atoms with Crippen LogP contribution in [0.15, 0.2) is 39.9 Å². The molecule has 2 aliphatic rings. The predicted molar refractivity (Wildman–Crippen MR) is 118 cm³/mol. The van der Waals surface area contributed by atoms with Gasteiger partial charge in [0.15, 0.2) is 12.4 Å². The second-order valence-electron chi connectivity index (χ2n) is 8.96. The van der Waals surface area contributed by atoms with Crippen LogP contribution in [0.5, 0.6) is 5.75 Å². The lowest BCUT2D eigenvalue weighted by molar-refractivity contribution is -0.0875. The third-order valence-corrected chi connectivity index (χ3v) is 5.66. The molecule has 0 amide bonds. The number of likely N-dealkylation sites (tertiary alicyclic amines) is 1. The van der Waals surface area contributed by atoms with E-state index in [1.54, 1.807) is 0 Å². The minimum atomic E-state index is -0.725. The number of aliphatic imine (C=N–C) groups is 1. The Kier molecular flexibility index (Phi) is 6.95. The quantitative estimate of drug-likeness (QED) is 0.667. The average Bonchev–Trinajstić information content (AvgIpc) is 3.42. The number of nitrogens with one attached hydrogen (secondary N) is 1. The van der Waals surface area contributed by atoms with Crippen LogP contribution in [0.3, 0.4) is 0 Å². The molecule has 4 rings (SSSR count). The molecule has 2 aliphatic heterocycles. The number of piperidine rings is 1. The highest BCUT2D eigenvalue weighted by molar-refractivity contribution is 5.80. The minimum Gasteiger partial charge on any atom is -0.493 e. The van der Waals surface area contributed by atoms with Crippen molar-refractivity contribution in [1.29, 1.82) is 0 Å². The van der Waals surface area contributed by atoms with Gasteiger partial charge in [-0.1, -0.05) is 26.0 Å². The molecule has 0 radical (unpaired) electrons. The number of alkyl halides is 1. The zero-order valence-electron chi connectivity index (χ0n) is 19.0. The van der Waals surface area contributed by atoms with Gasteiger partial charge in [-0.15, -0.1) is 0 Å². The normalized spacial score (nSPS) is 18.1. The first kappa shape index (κ1) is 22.5. The molecule has 1 aromatic heterocycles. The molecule has 8 nitrogen and oxygen atoms in total. The molecule has 1 spiro atoms. The molecule has 174 valence electrons. The monoisotopic (exact) mass is 445 g/mol. The summed E-state index contributed by atoms with van der Waals surface area (Å²) in [6, 6.07) is 8.04. The number of hydroxylamine groups is 1. The Bertz CT molecular complexity index is 907. The number of halogens is 1. The fraction of sp³-hybridized carbons (Fsp3) is 0.565. The van der Waals surface area contributed by atoms with Crippen molar-refractivity contribution >= 4 is 5.96 Å². The summed E-state index contributed by atoms with van der Waals surface area (Å²) in [5.74, 6) is 2.05. The lowest BCUT2D eigenvalue weighted by atomic mass is 10.0. The summed E-state index contributed by atoms with van der Waals surface area (Å²) in [6.45, 7) is 7.06. The summed E-state index contributed by atoms with van der Waals surface area (Å²) >= 11 is 0. The van der Waals surface area contributed by atoms with E-state index in [9.17, 15) is 4.39 Å². The van der Waals surface area contributed by atoms with E-state index < -0.39 is 12.4 Å². The van der Waals surface area contributed by atoms with Crippen molar-refractivity contribution in [3.63, 3.8) is 0 Å². The highest BCUT2D eigenvalue weighted by atomic mass is 19.1. The molecule has 1 N–H and O–H groups in total. The minimum absolute atomic E-state index is 0.0796. The number of ether oxygens (including phenoxy) is 1. The number of guanidine groups is 1. The van der Waals surface area contributed by atoms with E-state index >= 15 is 0 Å². The van der Waals surface area contributed by atoms with E-state index in [2.05, 4.69) is 36.3 Å². The Morgan fingerprint density at radius 1 is 1.22 bits per heavy atom. The zero-order valence-corrected chi connectivity index (χ0v) is 19.0. The average molecular weight is 446 g/mol. The Balaban J connectivity index is 1.50. The van der Waals surface area contributed by atoms with Crippen LogP contribution in [-0.4, -0.2) is 53.2 Å². The van der Waals surface area contributed by atoms with Crippen LogP contribution < -0.4 is 10.2 Å². The first-order valence-corrected chi connectivity index (χ1v) is 11.1. The summed E-state index contributed by atoms with van der Waals surface area (Å²) in [7, 11) is 2.10. The van der Waals surface area contributed by atoms with Crippen molar-refractivity contribution in [2.45, 2.75) is 52.2 Å². The van der Waals surface area contributed by atoms with Crippen molar-refractivity contribution in [2.24, 2.45) is 10.9 Å². The van der Waals surface area contributed by atoms with Crippen molar-refractivity contribution in [3.8, 4) is 5.75 Å². The Morgan fingerprint density at radius 3 is 2.62 bits per heavy atom. The van der Waals surface area contributed by atoms with Crippen molar-refractivity contribution in [3.05, 3.63) is 47.7 Å². The van der Waals surface area contributed by atoms with Crippen LogP contribution in [0.25, 0.3) is 0 Å². The standard InChI is InChI=1S/C23H32FN5O3/c1-17(2)15-30-20-6-4-18(5-7-20)13-29(14-19-16-31-21(12-24)25-19)22-26-23(32-27-22)8-10-28(3)11-9-23/h4-7,16-17H,8-15H2,1-3H3,(H,26,27). The summed E-state index contributed by atoms with van der Waals surface area (Å²) in [5, 5.41) is 0. The molecule has 1 aromatic carbocycles. The fourth-order valence-electron chi connectivity index (χ4n) is 3.75. The molecule has 0 aliphatic carbocycles. The highest BCUT2D eigenvalue weighted by Crippen LogP contribution is 2.30. The summed E-state index contributed by atoms with van der Waals surface area (Å²) in [4.78, 5) is 19.4. The first-order valence-electron chi connectivity index (χ1n) is 11.1. The van der Waals surface area contributed by atoms with Crippen LogP contribution >= 0.6 is 0 Å². The molecule has 0 unspecified atom stereocenters. The molecule has 0 bridgehead atoms. The third-order valence-electron chi connectivity index (χ3n) is 5.66. The van der Waals surface area contributed by atoms with Crippen LogP contribution in [0.2, 0.25) is 0 Å². The van der Waals surface area contributed by atoms with Gasteiger partial charge in [0, 0.05) is 32.5 Å². The molecular weight excluding hydrogens is 413 g/mol. The van der Waals surface area contributed by atoms with Crippen molar-refractivity contribution in [1.82, 2.24) is 20.3 Å². The maximum Gasteiger partial charge on any atom is 0.225 e. The summed E-state index contributed by atoms with van der Waals surface area (Å²) in [6.07, 6.45) is 3.14. The number of aromatic nitrogens is 1. The SMILES string of the molecule is CC(C)COc1ccc(CN(Cc2coc(CF)n2)C2=NC3(CCN(C)CC3)ON2)cc1. The van der Waals surface area contributed by atoms with Crippen LogP contribution in [-0.2, 0) is 24.6 Å². The Labute approximate surface area is 188 Å². The molecule has 9 heteroatoms. The van der Waals surface area contributed by atoms with Crippen LogP contribution in [0.1, 0.15) is 43.8 Å². The second kappa shape index (κ2) is 9.87. The fourth-order valence-corrected chi connectivity index (χ4v) is 3.75. The van der Waals surface area contributed by atoms with E-state index in [0.717, 1.165) is 37.2 Å². The van der Waals surface area contributed by atoms with Gasteiger partial charge in [-0.25, -0.2) is 24.7 Å². The number of oxazole rings is 1. The lowest BCUT2D eigenvalue weighted by Crippen LogP contribution is -2.43. The molecule has 0 atom stereocenters. The van der Waals surface area contributed by atoms with E-state index in [1.165, 1.54) is 6.26 Å². The lowest BCUT2D eigenvalue weighted by Gasteiger charge is -2.33. The van der Waals surface area contributed by atoms with E-state index in [-0.39, 0.29) is 5.89 Å².